The van der Waals surface area contributed by atoms with Gasteiger partial charge in [-0.1, -0.05) is 41.9 Å². The van der Waals surface area contributed by atoms with Crippen LogP contribution in [0.25, 0.3) is 0 Å². The fraction of sp³-hybridized carbons (Fsp3) is 0.231. The highest BCUT2D eigenvalue weighted by Crippen LogP contribution is 2.27. The molecular weight excluding hydrogens is 266 g/mol. The zero-order valence-electron chi connectivity index (χ0n) is 10.4. The van der Waals surface area contributed by atoms with Crippen molar-refractivity contribution in [2.75, 3.05) is 11.9 Å². The van der Waals surface area contributed by atoms with Crippen molar-refractivity contribution in [1.82, 2.24) is 10.2 Å². The Morgan fingerprint density at radius 2 is 2.11 bits per heavy atom. The standard InChI is InChI=1S/C13H14ClN3O2/c1-13(8-18,9-5-3-2-4-6-9)16-10-7-15-17-12(19)11(10)14/h2-7,18H,8H2,1H3,(H2,16,17,19). The summed E-state index contributed by atoms with van der Waals surface area (Å²) in [4.78, 5) is 11.4. The number of anilines is 1. The van der Waals surface area contributed by atoms with Crippen molar-refractivity contribution in [3.05, 3.63) is 57.5 Å². The summed E-state index contributed by atoms with van der Waals surface area (Å²) in [5, 5.41) is 18.7. The topological polar surface area (TPSA) is 78.0 Å². The molecule has 0 bridgehead atoms. The Morgan fingerprint density at radius 3 is 2.74 bits per heavy atom. The third kappa shape index (κ3) is 2.77. The van der Waals surface area contributed by atoms with Crippen molar-refractivity contribution in [2.45, 2.75) is 12.5 Å². The van der Waals surface area contributed by atoms with E-state index in [9.17, 15) is 9.90 Å². The summed E-state index contributed by atoms with van der Waals surface area (Å²) < 4.78 is 0. The molecule has 0 spiro atoms. The van der Waals surface area contributed by atoms with E-state index in [2.05, 4.69) is 15.5 Å². The van der Waals surface area contributed by atoms with E-state index >= 15 is 0 Å². The van der Waals surface area contributed by atoms with Crippen molar-refractivity contribution in [3.63, 3.8) is 0 Å². The Labute approximate surface area is 115 Å². The second kappa shape index (κ2) is 5.42. The summed E-state index contributed by atoms with van der Waals surface area (Å²) in [5.41, 5.74) is 0.0417. The molecule has 0 amide bonds. The minimum atomic E-state index is -0.750. The van der Waals surface area contributed by atoms with Gasteiger partial charge < -0.3 is 10.4 Å². The number of nitrogens with one attached hydrogen (secondary N) is 2. The maximum absolute atomic E-state index is 11.4. The molecule has 1 heterocycles. The summed E-state index contributed by atoms with van der Waals surface area (Å²) in [5.74, 6) is 0. The Bertz CT molecular complexity index is 615. The molecule has 1 aromatic carbocycles. The number of H-pyrrole nitrogens is 1. The van der Waals surface area contributed by atoms with E-state index in [0.29, 0.717) is 5.69 Å². The maximum atomic E-state index is 11.4. The Balaban J connectivity index is 2.39. The van der Waals surface area contributed by atoms with Crippen molar-refractivity contribution in [3.8, 4) is 0 Å². The van der Waals surface area contributed by atoms with E-state index < -0.39 is 11.1 Å². The fourth-order valence-corrected chi connectivity index (χ4v) is 1.92. The summed E-state index contributed by atoms with van der Waals surface area (Å²) >= 11 is 5.92. The van der Waals surface area contributed by atoms with Crippen LogP contribution in [-0.2, 0) is 5.54 Å². The molecule has 0 saturated carbocycles. The van der Waals surface area contributed by atoms with Gasteiger partial charge in [-0.3, -0.25) is 4.79 Å². The van der Waals surface area contributed by atoms with Crippen LogP contribution in [0.2, 0.25) is 5.02 Å². The fourth-order valence-electron chi connectivity index (χ4n) is 1.78. The molecular formula is C13H14ClN3O2. The number of aliphatic hydroxyl groups is 1. The highest BCUT2D eigenvalue weighted by molar-refractivity contribution is 6.32. The molecule has 0 radical (unpaired) electrons. The first-order chi connectivity index (χ1) is 9.07. The van der Waals surface area contributed by atoms with Crippen molar-refractivity contribution < 1.29 is 5.11 Å². The van der Waals surface area contributed by atoms with Gasteiger partial charge in [0.25, 0.3) is 5.56 Å². The number of hydrogen-bond donors (Lipinski definition) is 3. The molecule has 2 rings (SSSR count). The van der Waals surface area contributed by atoms with Crippen LogP contribution in [0.15, 0.2) is 41.3 Å². The second-order valence-electron chi connectivity index (χ2n) is 4.41. The number of aromatic nitrogens is 2. The number of aromatic amines is 1. The predicted octanol–water partition coefficient (Wildman–Crippen LogP) is 1.74. The van der Waals surface area contributed by atoms with Crippen molar-refractivity contribution in [2.24, 2.45) is 0 Å². The van der Waals surface area contributed by atoms with Crippen LogP contribution in [0.1, 0.15) is 12.5 Å². The lowest BCUT2D eigenvalue weighted by Gasteiger charge is -2.30. The summed E-state index contributed by atoms with van der Waals surface area (Å²) in [6.07, 6.45) is 1.42. The normalized spacial score (nSPS) is 13.8. The smallest absolute Gasteiger partial charge is 0.285 e. The highest BCUT2D eigenvalue weighted by Gasteiger charge is 2.26. The molecule has 100 valence electrons. The van der Waals surface area contributed by atoms with Gasteiger partial charge in [-0.15, -0.1) is 0 Å². The third-order valence-corrected chi connectivity index (χ3v) is 3.31. The van der Waals surface area contributed by atoms with Crippen LogP contribution in [0.3, 0.4) is 0 Å². The van der Waals surface area contributed by atoms with Gasteiger partial charge in [-0.05, 0) is 12.5 Å². The molecule has 0 aliphatic heterocycles. The number of nitrogens with zero attached hydrogens (tertiary/aromatic N) is 1. The predicted molar refractivity (Wildman–Crippen MR) is 74.4 cm³/mol. The summed E-state index contributed by atoms with van der Waals surface area (Å²) in [6, 6.07) is 9.42. The first-order valence-electron chi connectivity index (χ1n) is 5.74. The Morgan fingerprint density at radius 1 is 1.42 bits per heavy atom. The molecule has 5 nitrogen and oxygen atoms in total. The van der Waals surface area contributed by atoms with Gasteiger partial charge in [0, 0.05) is 0 Å². The first kappa shape index (κ1) is 13.6. The molecule has 3 N–H and O–H groups in total. The van der Waals surface area contributed by atoms with E-state index in [-0.39, 0.29) is 11.6 Å². The largest absolute Gasteiger partial charge is 0.394 e. The Hall–Kier alpha value is -1.85. The molecule has 19 heavy (non-hydrogen) atoms. The van der Waals surface area contributed by atoms with Crippen LogP contribution in [-0.4, -0.2) is 21.9 Å². The van der Waals surface area contributed by atoms with Crippen LogP contribution in [0.4, 0.5) is 5.69 Å². The first-order valence-corrected chi connectivity index (χ1v) is 6.12. The lowest BCUT2D eigenvalue weighted by molar-refractivity contribution is 0.224. The highest BCUT2D eigenvalue weighted by atomic mass is 35.5. The van der Waals surface area contributed by atoms with Crippen LogP contribution in [0, 0.1) is 0 Å². The lowest BCUT2D eigenvalue weighted by Crippen LogP contribution is -2.36. The quantitative estimate of drug-likeness (QED) is 0.797. The molecule has 0 aliphatic carbocycles. The van der Waals surface area contributed by atoms with Gasteiger partial charge in [-0.2, -0.15) is 5.10 Å². The molecule has 0 saturated heterocycles. The minimum Gasteiger partial charge on any atom is -0.394 e. The van der Waals surface area contributed by atoms with Crippen molar-refractivity contribution in [1.29, 1.82) is 0 Å². The van der Waals surface area contributed by atoms with Crippen LogP contribution in [0.5, 0.6) is 0 Å². The summed E-state index contributed by atoms with van der Waals surface area (Å²) in [7, 11) is 0. The van der Waals surface area contributed by atoms with E-state index in [0.717, 1.165) is 5.56 Å². The van der Waals surface area contributed by atoms with Gasteiger partial charge in [-0.25, -0.2) is 5.10 Å². The maximum Gasteiger partial charge on any atom is 0.285 e. The number of rotatable bonds is 4. The van der Waals surface area contributed by atoms with Gasteiger partial charge in [0.05, 0.1) is 24.0 Å². The average Bonchev–Trinajstić information content (AvgIpc) is 2.45. The number of halogens is 1. The molecule has 1 unspecified atom stereocenters. The monoisotopic (exact) mass is 279 g/mol. The number of hydrogen-bond acceptors (Lipinski definition) is 4. The molecule has 2 aromatic rings. The average molecular weight is 280 g/mol. The third-order valence-electron chi connectivity index (χ3n) is 2.93. The van der Waals surface area contributed by atoms with E-state index in [1.807, 2.05) is 37.3 Å². The van der Waals surface area contributed by atoms with E-state index in [1.165, 1.54) is 6.20 Å². The van der Waals surface area contributed by atoms with Gasteiger partial charge in [0.1, 0.15) is 5.02 Å². The molecule has 6 heteroatoms. The van der Waals surface area contributed by atoms with Crippen molar-refractivity contribution >= 4 is 17.3 Å². The van der Waals surface area contributed by atoms with E-state index in [1.54, 1.807) is 0 Å². The summed E-state index contributed by atoms with van der Waals surface area (Å²) in [6.45, 7) is 1.67. The SMILES string of the molecule is CC(CO)(Nc1cn[nH]c(=O)c1Cl)c1ccccc1. The molecule has 1 atom stereocenters. The molecule has 1 aromatic heterocycles. The van der Waals surface area contributed by atoms with Crippen LogP contribution >= 0.6 is 11.6 Å². The second-order valence-corrected chi connectivity index (χ2v) is 4.79. The lowest BCUT2D eigenvalue weighted by atomic mass is 9.92. The minimum absolute atomic E-state index is 0.0191. The Kier molecular flexibility index (Phi) is 3.87. The van der Waals surface area contributed by atoms with Gasteiger partial charge in [0.15, 0.2) is 0 Å². The number of aliphatic hydroxyl groups excluding tert-OH is 1. The van der Waals surface area contributed by atoms with Crippen LogP contribution < -0.4 is 10.9 Å². The van der Waals surface area contributed by atoms with Gasteiger partial charge in [0.2, 0.25) is 0 Å². The molecule has 0 aliphatic rings. The zero-order valence-corrected chi connectivity index (χ0v) is 11.1. The zero-order chi connectivity index (χ0) is 13.9. The number of benzene rings is 1. The van der Waals surface area contributed by atoms with Gasteiger partial charge >= 0.3 is 0 Å². The van der Waals surface area contributed by atoms with E-state index in [4.69, 9.17) is 11.6 Å². The molecule has 0 fully saturated rings.